The molecule has 0 aliphatic heterocycles. The van der Waals surface area contributed by atoms with E-state index in [-0.39, 0.29) is 23.7 Å². The molecule has 1 rings (SSSR count). The van der Waals surface area contributed by atoms with Crippen molar-refractivity contribution in [2.24, 2.45) is 5.73 Å². The molecule has 0 unspecified atom stereocenters. The number of carboxylic acids is 1. The summed E-state index contributed by atoms with van der Waals surface area (Å²) in [5, 5.41) is 18.6. The lowest BCUT2D eigenvalue weighted by Gasteiger charge is -2.13. The maximum Gasteiger partial charge on any atom is 0.335 e. The highest BCUT2D eigenvalue weighted by atomic mass is 79.9. The number of hydrogen-bond donors (Lipinski definition) is 3. The maximum atomic E-state index is 10.8. The van der Waals surface area contributed by atoms with E-state index in [1.807, 2.05) is 0 Å². The summed E-state index contributed by atoms with van der Waals surface area (Å²) in [6, 6.07) is 2.24. The molecule has 0 fully saturated rings. The molecule has 0 aliphatic carbocycles. The predicted octanol–water partition coefficient (Wildman–Crippen LogP) is 2.85. The smallest absolute Gasteiger partial charge is 0.335 e. The van der Waals surface area contributed by atoms with Gasteiger partial charge in [0.25, 0.3) is 0 Å². The summed E-state index contributed by atoms with van der Waals surface area (Å²) in [5.74, 6) is -1.09. The van der Waals surface area contributed by atoms with Gasteiger partial charge in [-0.15, -0.1) is 19.0 Å². The van der Waals surface area contributed by atoms with Crippen LogP contribution in [0.4, 0.5) is 0 Å². The number of halogens is 2. The molecule has 1 aromatic rings. The van der Waals surface area contributed by atoms with Gasteiger partial charge in [0.2, 0.25) is 0 Å². The van der Waals surface area contributed by atoms with Crippen LogP contribution in [-0.2, 0) is 0 Å². The first-order chi connectivity index (χ1) is 7.47. The summed E-state index contributed by atoms with van der Waals surface area (Å²) in [5.41, 5.74) is 6.28. The zero-order valence-electron chi connectivity index (χ0n) is 8.89. The second kappa shape index (κ2) is 6.64. The lowest BCUT2D eigenvalue weighted by molar-refractivity contribution is 0.0696. The van der Waals surface area contributed by atoms with Crippen LogP contribution >= 0.6 is 28.3 Å². The summed E-state index contributed by atoms with van der Waals surface area (Å²) in [7, 11) is 0. The highest BCUT2D eigenvalue weighted by molar-refractivity contribution is 9.10. The van der Waals surface area contributed by atoms with E-state index in [1.54, 1.807) is 6.08 Å². The summed E-state index contributed by atoms with van der Waals surface area (Å²) >= 11 is 3.09. The van der Waals surface area contributed by atoms with Crippen molar-refractivity contribution in [1.82, 2.24) is 0 Å². The lowest BCUT2D eigenvalue weighted by Crippen LogP contribution is -2.11. The van der Waals surface area contributed by atoms with Gasteiger partial charge in [0.15, 0.2) is 0 Å². The third-order valence-electron chi connectivity index (χ3n) is 2.16. The molecule has 0 amide bonds. The van der Waals surface area contributed by atoms with Crippen LogP contribution in [-0.4, -0.2) is 16.2 Å². The van der Waals surface area contributed by atoms with Gasteiger partial charge in [-0.3, -0.25) is 0 Å². The van der Waals surface area contributed by atoms with Crippen molar-refractivity contribution in [3.63, 3.8) is 0 Å². The van der Waals surface area contributed by atoms with Gasteiger partial charge in [0, 0.05) is 11.6 Å². The summed E-state index contributed by atoms with van der Waals surface area (Å²) in [4.78, 5) is 10.8. The average molecular weight is 323 g/mol. The summed E-state index contributed by atoms with van der Waals surface area (Å²) in [6.07, 6.45) is 2.08. The highest BCUT2D eigenvalue weighted by Crippen LogP contribution is 2.33. The zero-order chi connectivity index (χ0) is 12.3. The van der Waals surface area contributed by atoms with E-state index in [0.29, 0.717) is 16.5 Å². The number of benzene rings is 1. The molecular formula is C11H13BrClNO3. The third kappa shape index (κ3) is 3.73. The number of aromatic hydroxyl groups is 1. The Labute approximate surface area is 114 Å². The molecular weight excluding hydrogens is 309 g/mol. The molecule has 4 N–H and O–H groups in total. The van der Waals surface area contributed by atoms with Crippen LogP contribution in [0.25, 0.3) is 0 Å². The SMILES string of the molecule is C=CC[C@H](N)c1cc(C(=O)O)cc(Br)c1O.Cl. The Bertz CT molecular complexity index is 437. The van der Waals surface area contributed by atoms with Crippen molar-refractivity contribution in [2.75, 3.05) is 0 Å². The molecule has 0 spiro atoms. The molecule has 17 heavy (non-hydrogen) atoms. The molecule has 1 aromatic carbocycles. The number of phenolic OH excluding ortho intramolecular Hbond substituents is 1. The minimum absolute atomic E-state index is 0. The topological polar surface area (TPSA) is 83.6 Å². The van der Waals surface area contributed by atoms with Crippen LogP contribution in [0, 0.1) is 0 Å². The van der Waals surface area contributed by atoms with Gasteiger partial charge in [-0.1, -0.05) is 6.08 Å². The molecule has 1 atom stereocenters. The standard InChI is InChI=1S/C11H12BrNO3.ClH/c1-2-3-9(13)7-4-6(11(15)16)5-8(12)10(7)14;/h2,4-5,9,14H,1,3,13H2,(H,15,16);1H/t9-;/m0./s1. The number of carboxylic acid groups (broad SMARTS) is 1. The number of carbonyl (C=O) groups is 1. The highest BCUT2D eigenvalue weighted by Gasteiger charge is 2.16. The molecule has 0 aromatic heterocycles. The summed E-state index contributed by atoms with van der Waals surface area (Å²) in [6.45, 7) is 3.55. The van der Waals surface area contributed by atoms with Crippen LogP contribution in [0.3, 0.4) is 0 Å². The van der Waals surface area contributed by atoms with Crippen molar-refractivity contribution in [3.05, 3.63) is 40.4 Å². The Morgan fingerprint density at radius 2 is 2.18 bits per heavy atom. The zero-order valence-corrected chi connectivity index (χ0v) is 11.3. The van der Waals surface area contributed by atoms with Crippen molar-refractivity contribution in [2.45, 2.75) is 12.5 Å². The van der Waals surface area contributed by atoms with E-state index in [2.05, 4.69) is 22.5 Å². The Balaban J connectivity index is 0.00000256. The molecule has 94 valence electrons. The fourth-order valence-electron chi connectivity index (χ4n) is 1.33. The van der Waals surface area contributed by atoms with Gasteiger partial charge in [0.1, 0.15) is 5.75 Å². The molecule has 0 heterocycles. The van der Waals surface area contributed by atoms with Crippen molar-refractivity contribution >= 4 is 34.3 Å². The number of rotatable bonds is 4. The van der Waals surface area contributed by atoms with Gasteiger partial charge < -0.3 is 15.9 Å². The van der Waals surface area contributed by atoms with Crippen molar-refractivity contribution < 1.29 is 15.0 Å². The van der Waals surface area contributed by atoms with Crippen LogP contribution < -0.4 is 5.73 Å². The van der Waals surface area contributed by atoms with Crippen LogP contribution in [0.5, 0.6) is 5.75 Å². The van der Waals surface area contributed by atoms with Crippen LogP contribution in [0.2, 0.25) is 0 Å². The Hall–Kier alpha value is -1.04. The number of hydrogen-bond acceptors (Lipinski definition) is 3. The first kappa shape index (κ1) is 16.0. The molecule has 0 saturated carbocycles. The maximum absolute atomic E-state index is 10.8. The van der Waals surface area contributed by atoms with E-state index >= 15 is 0 Å². The molecule has 0 bridgehead atoms. The Morgan fingerprint density at radius 3 is 2.65 bits per heavy atom. The number of aromatic carboxylic acids is 1. The fourth-order valence-corrected chi connectivity index (χ4v) is 1.81. The molecule has 6 heteroatoms. The van der Waals surface area contributed by atoms with E-state index in [0.717, 1.165) is 0 Å². The predicted molar refractivity (Wildman–Crippen MR) is 71.8 cm³/mol. The van der Waals surface area contributed by atoms with E-state index in [4.69, 9.17) is 10.8 Å². The molecule has 0 radical (unpaired) electrons. The first-order valence-electron chi connectivity index (χ1n) is 4.59. The molecule has 4 nitrogen and oxygen atoms in total. The second-order valence-electron chi connectivity index (χ2n) is 3.33. The Kier molecular flexibility index (Phi) is 6.23. The van der Waals surface area contributed by atoms with E-state index in [9.17, 15) is 9.90 Å². The van der Waals surface area contributed by atoms with E-state index in [1.165, 1.54) is 12.1 Å². The van der Waals surface area contributed by atoms with Crippen molar-refractivity contribution in [3.8, 4) is 5.75 Å². The van der Waals surface area contributed by atoms with Gasteiger partial charge in [-0.25, -0.2) is 4.79 Å². The van der Waals surface area contributed by atoms with Gasteiger partial charge >= 0.3 is 5.97 Å². The monoisotopic (exact) mass is 321 g/mol. The summed E-state index contributed by atoms with van der Waals surface area (Å²) < 4.78 is 0.321. The van der Waals surface area contributed by atoms with Crippen LogP contribution in [0.1, 0.15) is 28.4 Å². The van der Waals surface area contributed by atoms with Crippen LogP contribution in [0.15, 0.2) is 29.3 Å². The van der Waals surface area contributed by atoms with Gasteiger partial charge in [-0.2, -0.15) is 0 Å². The minimum atomic E-state index is -1.06. The second-order valence-corrected chi connectivity index (χ2v) is 4.19. The lowest BCUT2D eigenvalue weighted by atomic mass is 10.0. The normalized spacial score (nSPS) is 11.4. The average Bonchev–Trinajstić information content (AvgIpc) is 2.21. The number of nitrogens with two attached hydrogens (primary N) is 1. The Morgan fingerprint density at radius 1 is 1.59 bits per heavy atom. The van der Waals surface area contributed by atoms with Crippen molar-refractivity contribution in [1.29, 1.82) is 0 Å². The third-order valence-corrected chi connectivity index (χ3v) is 2.76. The quantitative estimate of drug-likeness (QED) is 0.744. The van der Waals surface area contributed by atoms with Gasteiger partial charge in [0.05, 0.1) is 10.0 Å². The van der Waals surface area contributed by atoms with E-state index < -0.39 is 12.0 Å². The fraction of sp³-hybridized carbons (Fsp3) is 0.182. The minimum Gasteiger partial charge on any atom is -0.506 e. The molecule has 0 aliphatic rings. The molecule has 0 saturated heterocycles. The number of phenols is 1. The largest absolute Gasteiger partial charge is 0.506 e. The first-order valence-corrected chi connectivity index (χ1v) is 5.38. The van der Waals surface area contributed by atoms with Gasteiger partial charge in [-0.05, 0) is 34.5 Å².